The maximum atomic E-state index is 5.57. The van der Waals surface area contributed by atoms with E-state index in [2.05, 4.69) is 15.9 Å². The Morgan fingerprint density at radius 2 is 1.82 bits per heavy atom. The molecule has 0 spiro atoms. The number of hydrogen-bond acceptors (Lipinski definition) is 1. The fourth-order valence-electron chi connectivity index (χ4n) is 0.663. The zero-order valence-corrected chi connectivity index (χ0v) is 8.77. The molecule has 0 amide bonds. The molecule has 0 atom stereocenters. The minimum absolute atomic E-state index is 0.801. The molecule has 0 saturated heterocycles. The van der Waals surface area contributed by atoms with Gasteiger partial charge in [0.2, 0.25) is 0 Å². The highest BCUT2D eigenvalue weighted by Crippen LogP contribution is 2.19. The summed E-state index contributed by atoms with van der Waals surface area (Å²) in [7, 11) is 0. The lowest BCUT2D eigenvalue weighted by Gasteiger charge is -1.96. The van der Waals surface area contributed by atoms with Crippen LogP contribution in [-0.4, -0.2) is 0 Å². The van der Waals surface area contributed by atoms with Gasteiger partial charge in [0.25, 0.3) is 0 Å². The fraction of sp³-hybridized carbons (Fsp3) is 0.333. The van der Waals surface area contributed by atoms with Crippen molar-refractivity contribution in [1.29, 1.82) is 0 Å². The Labute approximate surface area is 76.7 Å². The first-order valence-electron chi connectivity index (χ1n) is 3.72. The molecule has 2 heteroatoms. The van der Waals surface area contributed by atoms with E-state index in [1.54, 1.807) is 0 Å². The van der Waals surface area contributed by atoms with Crippen LogP contribution >= 0.6 is 15.9 Å². The van der Waals surface area contributed by atoms with Crippen LogP contribution in [0.3, 0.4) is 0 Å². The van der Waals surface area contributed by atoms with Gasteiger partial charge in [-0.1, -0.05) is 19.9 Å². The van der Waals surface area contributed by atoms with Crippen molar-refractivity contribution >= 4 is 21.6 Å². The van der Waals surface area contributed by atoms with Gasteiger partial charge in [0.05, 0.1) is 0 Å². The van der Waals surface area contributed by atoms with E-state index < -0.39 is 0 Å². The quantitative estimate of drug-likeness (QED) is 0.661. The Morgan fingerprint density at radius 1 is 1.27 bits per heavy atom. The van der Waals surface area contributed by atoms with Gasteiger partial charge in [-0.05, 0) is 40.5 Å². The second-order valence-corrected chi connectivity index (χ2v) is 2.88. The van der Waals surface area contributed by atoms with E-state index in [4.69, 9.17) is 5.73 Å². The number of benzene rings is 1. The Morgan fingerprint density at radius 3 is 2.18 bits per heavy atom. The number of anilines is 1. The number of rotatable bonds is 0. The maximum Gasteiger partial charge on any atom is 0.0461 e. The van der Waals surface area contributed by atoms with E-state index >= 15 is 0 Å². The number of nitrogen functional groups attached to an aromatic ring is 1. The van der Waals surface area contributed by atoms with Crippen molar-refractivity contribution in [2.75, 3.05) is 5.73 Å². The lowest BCUT2D eigenvalue weighted by molar-refractivity contribution is 1.46. The largest absolute Gasteiger partial charge is 0.398 e. The van der Waals surface area contributed by atoms with Crippen LogP contribution in [0.25, 0.3) is 0 Å². The topological polar surface area (TPSA) is 26.0 Å². The van der Waals surface area contributed by atoms with Gasteiger partial charge in [0.15, 0.2) is 0 Å². The standard InChI is InChI=1S/C7H8BrN.C2H6/c1-5-2-3-6(8)7(9)4-5;1-2/h2-4H,9H2,1H3;1-2H3. The SMILES string of the molecule is CC.Cc1ccc(Br)c(N)c1. The van der Waals surface area contributed by atoms with Crippen molar-refractivity contribution in [3.63, 3.8) is 0 Å². The third kappa shape index (κ3) is 3.42. The lowest BCUT2D eigenvalue weighted by atomic mass is 10.2. The van der Waals surface area contributed by atoms with Gasteiger partial charge < -0.3 is 5.73 Å². The van der Waals surface area contributed by atoms with Crippen LogP contribution in [0.2, 0.25) is 0 Å². The molecular formula is C9H14BrN. The van der Waals surface area contributed by atoms with Crippen molar-refractivity contribution in [2.45, 2.75) is 20.8 Å². The van der Waals surface area contributed by atoms with Crippen LogP contribution in [0.5, 0.6) is 0 Å². The van der Waals surface area contributed by atoms with Crippen molar-refractivity contribution in [3.05, 3.63) is 28.2 Å². The average molecular weight is 216 g/mol. The summed E-state index contributed by atoms with van der Waals surface area (Å²) in [5, 5.41) is 0. The molecule has 0 aliphatic heterocycles. The molecule has 0 unspecified atom stereocenters. The number of hydrogen-bond donors (Lipinski definition) is 1. The smallest absolute Gasteiger partial charge is 0.0461 e. The van der Waals surface area contributed by atoms with Gasteiger partial charge in [0.1, 0.15) is 0 Å². The van der Waals surface area contributed by atoms with E-state index in [1.807, 2.05) is 39.0 Å². The Hall–Kier alpha value is -0.500. The molecule has 1 rings (SSSR count). The molecule has 0 aliphatic carbocycles. The highest BCUT2D eigenvalue weighted by Gasteiger charge is 1.91. The first-order valence-corrected chi connectivity index (χ1v) is 4.51. The minimum atomic E-state index is 0.801. The summed E-state index contributed by atoms with van der Waals surface area (Å²) in [5.41, 5.74) is 7.57. The molecule has 62 valence electrons. The predicted molar refractivity (Wildman–Crippen MR) is 54.6 cm³/mol. The van der Waals surface area contributed by atoms with E-state index in [1.165, 1.54) is 5.56 Å². The van der Waals surface area contributed by atoms with Gasteiger partial charge >= 0.3 is 0 Å². The van der Waals surface area contributed by atoms with Gasteiger partial charge in [-0.2, -0.15) is 0 Å². The zero-order valence-electron chi connectivity index (χ0n) is 7.19. The summed E-state index contributed by atoms with van der Waals surface area (Å²) in [6, 6.07) is 5.90. The molecule has 0 radical (unpaired) electrons. The van der Waals surface area contributed by atoms with Gasteiger partial charge in [-0.25, -0.2) is 0 Å². The van der Waals surface area contributed by atoms with Crippen molar-refractivity contribution < 1.29 is 0 Å². The normalized spacial score (nSPS) is 8.36. The Balaban J connectivity index is 0.000000461. The second kappa shape index (κ2) is 5.19. The van der Waals surface area contributed by atoms with Gasteiger partial charge in [-0.15, -0.1) is 0 Å². The summed E-state index contributed by atoms with van der Waals surface area (Å²) in [5.74, 6) is 0. The molecule has 11 heavy (non-hydrogen) atoms. The van der Waals surface area contributed by atoms with E-state index in [-0.39, 0.29) is 0 Å². The molecular weight excluding hydrogens is 202 g/mol. The molecule has 0 aliphatic rings. The monoisotopic (exact) mass is 215 g/mol. The third-order valence-corrected chi connectivity index (χ3v) is 1.87. The first kappa shape index (κ1) is 10.5. The summed E-state index contributed by atoms with van der Waals surface area (Å²) >= 11 is 3.30. The number of halogens is 1. The summed E-state index contributed by atoms with van der Waals surface area (Å²) in [4.78, 5) is 0. The zero-order chi connectivity index (χ0) is 8.85. The molecule has 1 aromatic carbocycles. The Kier molecular flexibility index (Phi) is 4.95. The van der Waals surface area contributed by atoms with Crippen molar-refractivity contribution in [3.8, 4) is 0 Å². The number of aryl methyl sites for hydroxylation is 1. The first-order chi connectivity index (χ1) is 5.20. The summed E-state index contributed by atoms with van der Waals surface area (Å²) < 4.78 is 0.966. The van der Waals surface area contributed by atoms with Gasteiger partial charge in [0, 0.05) is 10.2 Å². The molecule has 0 fully saturated rings. The molecule has 0 bridgehead atoms. The van der Waals surface area contributed by atoms with Crippen LogP contribution in [-0.2, 0) is 0 Å². The molecule has 0 aromatic heterocycles. The van der Waals surface area contributed by atoms with E-state index in [0.29, 0.717) is 0 Å². The van der Waals surface area contributed by atoms with Crippen molar-refractivity contribution in [1.82, 2.24) is 0 Å². The Bertz CT molecular complexity index is 221. The summed E-state index contributed by atoms with van der Waals surface area (Å²) in [6.45, 7) is 6.02. The average Bonchev–Trinajstić information content (AvgIpc) is 2.02. The van der Waals surface area contributed by atoms with Crippen LogP contribution in [0, 0.1) is 6.92 Å². The van der Waals surface area contributed by atoms with E-state index in [9.17, 15) is 0 Å². The highest BCUT2D eigenvalue weighted by molar-refractivity contribution is 9.10. The highest BCUT2D eigenvalue weighted by atomic mass is 79.9. The van der Waals surface area contributed by atoms with E-state index in [0.717, 1.165) is 10.2 Å². The lowest BCUT2D eigenvalue weighted by Crippen LogP contribution is -1.85. The van der Waals surface area contributed by atoms with Gasteiger partial charge in [-0.3, -0.25) is 0 Å². The van der Waals surface area contributed by atoms with Crippen LogP contribution in [0.15, 0.2) is 22.7 Å². The maximum absolute atomic E-state index is 5.57. The molecule has 2 N–H and O–H groups in total. The predicted octanol–water partition coefficient (Wildman–Crippen LogP) is 3.37. The van der Waals surface area contributed by atoms with Crippen LogP contribution in [0.1, 0.15) is 19.4 Å². The molecule has 1 aromatic rings. The summed E-state index contributed by atoms with van der Waals surface area (Å²) in [6.07, 6.45) is 0. The molecule has 0 heterocycles. The molecule has 1 nitrogen and oxygen atoms in total. The fourth-order valence-corrected chi connectivity index (χ4v) is 0.910. The second-order valence-electron chi connectivity index (χ2n) is 2.02. The van der Waals surface area contributed by atoms with Crippen LogP contribution in [0.4, 0.5) is 5.69 Å². The van der Waals surface area contributed by atoms with Crippen LogP contribution < -0.4 is 5.73 Å². The minimum Gasteiger partial charge on any atom is -0.398 e. The van der Waals surface area contributed by atoms with Crippen molar-refractivity contribution in [2.24, 2.45) is 0 Å². The number of nitrogens with two attached hydrogens (primary N) is 1. The molecule has 0 saturated carbocycles. The third-order valence-electron chi connectivity index (χ3n) is 1.15.